The van der Waals surface area contributed by atoms with Crippen molar-refractivity contribution in [1.82, 2.24) is 20.2 Å². The Kier molecular flexibility index (Phi) is 4.72. The van der Waals surface area contributed by atoms with Gasteiger partial charge in [-0.15, -0.1) is 0 Å². The molecule has 0 aliphatic carbocycles. The van der Waals surface area contributed by atoms with E-state index in [1.54, 1.807) is 30.3 Å². The molecular weight excluding hydrogens is 372 g/mol. The highest BCUT2D eigenvalue weighted by molar-refractivity contribution is 5.95. The van der Waals surface area contributed by atoms with Crippen molar-refractivity contribution >= 4 is 27.8 Å². The number of hydrogen-bond donors (Lipinski definition) is 4. The quantitative estimate of drug-likeness (QED) is 0.378. The number of H-pyrrole nitrogens is 2. The third-order valence-corrected chi connectivity index (χ3v) is 4.09. The predicted octanol–water partition coefficient (Wildman–Crippen LogP) is 2.44. The second-order valence-corrected chi connectivity index (χ2v) is 5.99. The fourth-order valence-electron chi connectivity index (χ4n) is 2.88. The third-order valence-electron chi connectivity index (χ3n) is 4.09. The van der Waals surface area contributed by atoms with Crippen LogP contribution in [0.3, 0.4) is 0 Å². The summed E-state index contributed by atoms with van der Waals surface area (Å²) in [5.74, 6) is 0.160. The minimum Gasteiger partial charge on any atom is -0.351 e. The van der Waals surface area contributed by atoms with Gasteiger partial charge in [0.2, 0.25) is 12.4 Å². The van der Waals surface area contributed by atoms with Crippen LogP contribution in [-0.4, -0.2) is 44.7 Å². The van der Waals surface area contributed by atoms with Crippen LogP contribution >= 0.6 is 0 Å². The van der Waals surface area contributed by atoms with E-state index in [2.05, 4.69) is 30.2 Å². The number of hydrogen-bond acceptors (Lipinski definition) is 6. The number of benzene rings is 2. The van der Waals surface area contributed by atoms with Gasteiger partial charge in [0, 0.05) is 10.9 Å². The fourth-order valence-corrected chi connectivity index (χ4v) is 2.88. The number of rotatable bonds is 6. The Hall–Kier alpha value is -3.37. The first-order chi connectivity index (χ1) is 13.5. The minimum atomic E-state index is -2.69. The molecule has 8 nitrogen and oxygen atoms in total. The lowest BCUT2D eigenvalue weighted by Gasteiger charge is -2.11. The molecule has 1 unspecified atom stereocenters. The van der Waals surface area contributed by atoms with Gasteiger partial charge in [-0.2, -0.15) is 5.10 Å². The molecular formula is C18H15F2N5O3. The molecule has 144 valence electrons. The Labute approximate surface area is 156 Å². The number of halogens is 2. The lowest BCUT2D eigenvalue weighted by molar-refractivity contribution is -0.111. The van der Waals surface area contributed by atoms with Crippen LogP contribution in [0, 0.1) is 0 Å². The zero-order chi connectivity index (χ0) is 19.7. The van der Waals surface area contributed by atoms with E-state index >= 15 is 0 Å². The van der Waals surface area contributed by atoms with Crippen LogP contribution in [0.1, 0.15) is 0 Å². The van der Waals surface area contributed by atoms with Crippen molar-refractivity contribution in [2.24, 2.45) is 0 Å². The highest BCUT2D eigenvalue weighted by Crippen LogP contribution is 2.27. The van der Waals surface area contributed by atoms with Gasteiger partial charge < -0.3 is 20.1 Å². The maximum Gasteiger partial charge on any atom is 0.272 e. The number of aromatic amines is 2. The minimum absolute atomic E-state index is 0.160. The van der Waals surface area contributed by atoms with Crippen molar-refractivity contribution in [3.8, 4) is 11.3 Å². The molecule has 0 aliphatic rings. The molecule has 4 rings (SSSR count). The number of fused-ring (bicyclic) bond motifs is 2. The van der Waals surface area contributed by atoms with E-state index in [-0.39, 0.29) is 11.5 Å². The molecule has 2 heterocycles. The molecule has 1 atom stereocenters. The summed E-state index contributed by atoms with van der Waals surface area (Å²) in [5.41, 5.74) is 2.26. The first-order valence-corrected chi connectivity index (χ1v) is 8.33. The highest BCUT2D eigenvalue weighted by atomic mass is 19.3. The first kappa shape index (κ1) is 18.0. The van der Waals surface area contributed by atoms with E-state index in [1.807, 2.05) is 12.1 Å². The van der Waals surface area contributed by atoms with Crippen molar-refractivity contribution in [2.75, 3.05) is 11.9 Å². The number of aliphatic hydroxyl groups excluding tert-OH is 1. The maximum absolute atomic E-state index is 12.1. The van der Waals surface area contributed by atoms with Crippen LogP contribution in [0.25, 0.3) is 33.1 Å². The second kappa shape index (κ2) is 7.33. The molecule has 0 aliphatic heterocycles. The molecule has 0 radical (unpaired) electrons. The number of anilines is 1. The Morgan fingerprint density at radius 1 is 1.18 bits per heavy atom. The number of nitrogens with one attached hydrogen (secondary N) is 3. The number of nitrogens with zero attached hydrogens (tertiary/aromatic N) is 2. The molecule has 0 fully saturated rings. The Balaban J connectivity index is 1.66. The molecule has 0 saturated carbocycles. The van der Waals surface area contributed by atoms with Crippen molar-refractivity contribution in [1.29, 1.82) is 0 Å². The molecule has 10 heteroatoms. The number of ether oxygens (including phenoxy) is 1. The standard InChI is InChI=1S/C18H15F2N5O3/c19-14(20)8-28-18(27)23-17-21-12-6-5-9(7-13(12)22-17)15-10-3-1-2-4-11(10)16(26)25-24-15/h1-7,14,18,27H,8H2,(H,25,26)(H2,21,22,23). The van der Waals surface area contributed by atoms with Crippen LogP contribution in [-0.2, 0) is 4.74 Å². The number of imidazole rings is 1. The molecule has 0 saturated heterocycles. The van der Waals surface area contributed by atoms with Gasteiger partial charge in [0.15, 0.2) is 0 Å². The van der Waals surface area contributed by atoms with E-state index in [9.17, 15) is 18.7 Å². The smallest absolute Gasteiger partial charge is 0.272 e. The van der Waals surface area contributed by atoms with Gasteiger partial charge >= 0.3 is 0 Å². The zero-order valence-electron chi connectivity index (χ0n) is 14.3. The van der Waals surface area contributed by atoms with Crippen molar-refractivity contribution in [3.63, 3.8) is 0 Å². The monoisotopic (exact) mass is 387 g/mol. The summed E-state index contributed by atoms with van der Waals surface area (Å²) in [7, 11) is 0. The summed E-state index contributed by atoms with van der Waals surface area (Å²) in [6, 6.07) is 12.5. The van der Waals surface area contributed by atoms with Crippen LogP contribution in [0.5, 0.6) is 0 Å². The fraction of sp³-hybridized carbons (Fsp3) is 0.167. The van der Waals surface area contributed by atoms with Gasteiger partial charge in [-0.3, -0.25) is 4.79 Å². The van der Waals surface area contributed by atoms with Crippen LogP contribution in [0.15, 0.2) is 47.3 Å². The second-order valence-electron chi connectivity index (χ2n) is 5.99. The van der Waals surface area contributed by atoms with Gasteiger partial charge in [0.1, 0.15) is 6.61 Å². The van der Waals surface area contributed by atoms with Gasteiger partial charge in [-0.1, -0.05) is 24.3 Å². The molecule has 2 aromatic heterocycles. The third kappa shape index (κ3) is 3.55. The predicted molar refractivity (Wildman–Crippen MR) is 99.0 cm³/mol. The highest BCUT2D eigenvalue weighted by Gasteiger charge is 2.13. The Morgan fingerprint density at radius 3 is 2.75 bits per heavy atom. The van der Waals surface area contributed by atoms with Crippen molar-refractivity contribution in [3.05, 3.63) is 52.8 Å². The number of aromatic nitrogens is 4. The van der Waals surface area contributed by atoms with Gasteiger partial charge in [-0.05, 0) is 18.2 Å². The average Bonchev–Trinajstić information content (AvgIpc) is 3.08. The van der Waals surface area contributed by atoms with E-state index in [0.29, 0.717) is 27.5 Å². The maximum atomic E-state index is 12.1. The summed E-state index contributed by atoms with van der Waals surface area (Å²) in [6.45, 7) is -0.899. The molecule has 4 N–H and O–H groups in total. The summed E-state index contributed by atoms with van der Waals surface area (Å²) in [6.07, 6.45) is -4.31. The summed E-state index contributed by atoms with van der Waals surface area (Å²) < 4.78 is 28.8. The SMILES string of the molecule is O=c1[nH]nc(-c2ccc3[nH]c(NC(O)OCC(F)F)nc3c2)c2ccccc12. The van der Waals surface area contributed by atoms with Crippen molar-refractivity contribution in [2.45, 2.75) is 12.8 Å². The number of aliphatic hydroxyl groups is 1. The summed E-state index contributed by atoms with van der Waals surface area (Å²) >= 11 is 0. The van der Waals surface area contributed by atoms with Crippen LogP contribution in [0.2, 0.25) is 0 Å². The van der Waals surface area contributed by atoms with Gasteiger partial charge in [0.25, 0.3) is 12.0 Å². The molecule has 0 spiro atoms. The lowest BCUT2D eigenvalue weighted by atomic mass is 10.0. The molecule has 0 bridgehead atoms. The largest absolute Gasteiger partial charge is 0.351 e. The molecule has 4 aromatic rings. The molecule has 28 heavy (non-hydrogen) atoms. The molecule has 2 aromatic carbocycles. The number of alkyl halides is 2. The lowest BCUT2D eigenvalue weighted by Crippen LogP contribution is -2.25. The van der Waals surface area contributed by atoms with Crippen LogP contribution < -0.4 is 10.9 Å². The normalized spacial score (nSPS) is 12.7. The van der Waals surface area contributed by atoms with Gasteiger partial charge in [-0.25, -0.2) is 18.9 Å². The van der Waals surface area contributed by atoms with Gasteiger partial charge in [0.05, 0.1) is 22.1 Å². The average molecular weight is 387 g/mol. The van der Waals surface area contributed by atoms with E-state index in [0.717, 1.165) is 5.56 Å². The van der Waals surface area contributed by atoms with E-state index < -0.39 is 19.4 Å². The first-order valence-electron chi connectivity index (χ1n) is 8.33. The summed E-state index contributed by atoms with van der Waals surface area (Å²) in [4.78, 5) is 19.1. The Bertz CT molecular complexity index is 1190. The van der Waals surface area contributed by atoms with E-state index in [4.69, 9.17) is 0 Å². The zero-order valence-corrected chi connectivity index (χ0v) is 14.3. The summed E-state index contributed by atoms with van der Waals surface area (Å²) in [5, 5.41) is 19.9. The van der Waals surface area contributed by atoms with Crippen LogP contribution in [0.4, 0.5) is 14.7 Å². The molecule has 0 amide bonds. The van der Waals surface area contributed by atoms with E-state index in [1.165, 1.54) is 0 Å². The topological polar surface area (TPSA) is 116 Å². The van der Waals surface area contributed by atoms with Crippen molar-refractivity contribution < 1.29 is 18.6 Å². The Morgan fingerprint density at radius 2 is 1.96 bits per heavy atom.